The zero-order valence-electron chi connectivity index (χ0n) is 14.7. The molecule has 4 nitrogen and oxygen atoms in total. The quantitative estimate of drug-likeness (QED) is 0.418. The lowest BCUT2D eigenvalue weighted by atomic mass is 10.1. The highest BCUT2D eigenvalue weighted by molar-refractivity contribution is 5.79. The highest BCUT2D eigenvalue weighted by Gasteiger charge is 2.37. The molecule has 23 heavy (non-hydrogen) atoms. The second kappa shape index (κ2) is 9.56. The summed E-state index contributed by atoms with van der Waals surface area (Å²) in [5.74, 6) is 2.94. The van der Waals surface area contributed by atoms with Crippen molar-refractivity contribution in [2.75, 3.05) is 33.4 Å². The van der Waals surface area contributed by atoms with Gasteiger partial charge >= 0.3 is 0 Å². The Kier molecular flexibility index (Phi) is 7.40. The van der Waals surface area contributed by atoms with Gasteiger partial charge < -0.3 is 15.4 Å². The van der Waals surface area contributed by atoms with Gasteiger partial charge in [0.1, 0.15) is 0 Å². The smallest absolute Gasteiger partial charge is 0.190 e. The molecule has 0 aromatic heterocycles. The summed E-state index contributed by atoms with van der Waals surface area (Å²) in [7, 11) is 1.83. The lowest BCUT2D eigenvalue weighted by Gasteiger charge is -2.12. The molecule has 0 amide bonds. The second-order valence-electron chi connectivity index (χ2n) is 6.72. The fourth-order valence-electron chi connectivity index (χ4n) is 2.73. The first kappa shape index (κ1) is 17.8. The number of rotatable bonds is 9. The summed E-state index contributed by atoms with van der Waals surface area (Å²) in [4.78, 5) is 4.29. The van der Waals surface area contributed by atoms with E-state index in [9.17, 15) is 0 Å². The number of ether oxygens (including phenoxy) is 1. The standard InChI is InChI=1S/C19H31N3O/c1-15(2)14-23-11-7-10-21-19(20-3)22-13-17-12-18(17)16-8-5-4-6-9-16/h4-6,8-9,15,17-18H,7,10-14H2,1-3H3,(H2,20,21,22). The van der Waals surface area contributed by atoms with Crippen LogP contribution in [0.2, 0.25) is 0 Å². The fraction of sp³-hybridized carbons (Fsp3) is 0.632. The SMILES string of the molecule is CN=C(NCCCOCC(C)C)NCC1CC1c1ccccc1. The molecule has 0 spiro atoms. The molecule has 1 saturated carbocycles. The number of aliphatic imine (C=N–C) groups is 1. The van der Waals surface area contributed by atoms with E-state index in [1.54, 1.807) is 0 Å². The van der Waals surface area contributed by atoms with E-state index in [0.29, 0.717) is 11.8 Å². The Bertz CT molecular complexity index is 473. The molecular weight excluding hydrogens is 286 g/mol. The Hall–Kier alpha value is -1.55. The van der Waals surface area contributed by atoms with Gasteiger partial charge in [-0.05, 0) is 36.2 Å². The maximum absolute atomic E-state index is 5.58. The zero-order chi connectivity index (χ0) is 16.5. The maximum Gasteiger partial charge on any atom is 0.190 e. The minimum absolute atomic E-state index is 0.605. The van der Waals surface area contributed by atoms with E-state index < -0.39 is 0 Å². The van der Waals surface area contributed by atoms with Crippen LogP contribution in [0, 0.1) is 11.8 Å². The minimum atomic E-state index is 0.605. The summed E-state index contributed by atoms with van der Waals surface area (Å²) in [5.41, 5.74) is 1.46. The van der Waals surface area contributed by atoms with Gasteiger partial charge in [0.15, 0.2) is 5.96 Å². The van der Waals surface area contributed by atoms with E-state index in [2.05, 4.69) is 59.8 Å². The van der Waals surface area contributed by atoms with Gasteiger partial charge in [-0.15, -0.1) is 0 Å². The third-order valence-electron chi connectivity index (χ3n) is 4.11. The monoisotopic (exact) mass is 317 g/mol. The molecule has 2 unspecified atom stereocenters. The Balaban J connectivity index is 1.56. The summed E-state index contributed by atoms with van der Waals surface area (Å²) in [6, 6.07) is 10.8. The van der Waals surface area contributed by atoms with E-state index in [4.69, 9.17) is 4.74 Å². The Morgan fingerprint density at radius 1 is 1.26 bits per heavy atom. The molecule has 128 valence electrons. The van der Waals surface area contributed by atoms with Crippen LogP contribution in [0.25, 0.3) is 0 Å². The maximum atomic E-state index is 5.58. The third-order valence-corrected chi connectivity index (χ3v) is 4.11. The van der Waals surface area contributed by atoms with E-state index >= 15 is 0 Å². The predicted molar refractivity (Wildman–Crippen MR) is 96.9 cm³/mol. The molecule has 2 N–H and O–H groups in total. The van der Waals surface area contributed by atoms with Crippen molar-refractivity contribution in [3.63, 3.8) is 0 Å². The van der Waals surface area contributed by atoms with Gasteiger partial charge in [-0.1, -0.05) is 44.2 Å². The molecule has 1 aliphatic carbocycles. The lowest BCUT2D eigenvalue weighted by molar-refractivity contribution is 0.108. The predicted octanol–water partition coefficient (Wildman–Crippen LogP) is 3.02. The Labute approximate surface area is 140 Å². The van der Waals surface area contributed by atoms with Crippen molar-refractivity contribution in [3.05, 3.63) is 35.9 Å². The van der Waals surface area contributed by atoms with Crippen molar-refractivity contribution in [3.8, 4) is 0 Å². The number of guanidine groups is 1. The summed E-state index contributed by atoms with van der Waals surface area (Å²) < 4.78 is 5.58. The van der Waals surface area contributed by atoms with Crippen LogP contribution >= 0.6 is 0 Å². The molecule has 2 rings (SSSR count). The van der Waals surface area contributed by atoms with Gasteiger partial charge in [0, 0.05) is 33.4 Å². The van der Waals surface area contributed by atoms with Crippen molar-refractivity contribution in [2.45, 2.75) is 32.6 Å². The molecule has 2 atom stereocenters. The molecule has 1 aromatic carbocycles. The summed E-state index contributed by atoms with van der Waals surface area (Å²) >= 11 is 0. The van der Waals surface area contributed by atoms with Crippen molar-refractivity contribution in [1.82, 2.24) is 10.6 Å². The molecule has 1 fully saturated rings. The molecule has 0 heterocycles. The molecule has 4 heteroatoms. The van der Waals surface area contributed by atoms with Crippen LogP contribution in [-0.2, 0) is 4.74 Å². The van der Waals surface area contributed by atoms with Gasteiger partial charge in [0.2, 0.25) is 0 Å². The normalized spacial score (nSPS) is 20.6. The number of benzene rings is 1. The van der Waals surface area contributed by atoms with Crippen molar-refractivity contribution >= 4 is 5.96 Å². The first-order valence-corrected chi connectivity index (χ1v) is 8.78. The Morgan fingerprint density at radius 2 is 2.04 bits per heavy atom. The number of hydrogen-bond acceptors (Lipinski definition) is 2. The second-order valence-corrected chi connectivity index (χ2v) is 6.72. The molecule has 0 bridgehead atoms. The number of nitrogens with one attached hydrogen (secondary N) is 2. The van der Waals surface area contributed by atoms with Crippen LogP contribution in [0.15, 0.2) is 35.3 Å². The van der Waals surface area contributed by atoms with Crippen LogP contribution in [0.5, 0.6) is 0 Å². The van der Waals surface area contributed by atoms with Gasteiger partial charge in [-0.25, -0.2) is 0 Å². The van der Waals surface area contributed by atoms with Gasteiger partial charge in [-0.3, -0.25) is 4.99 Å². The highest BCUT2D eigenvalue weighted by Crippen LogP contribution is 2.46. The molecule has 1 aliphatic rings. The topological polar surface area (TPSA) is 45.7 Å². The van der Waals surface area contributed by atoms with Gasteiger partial charge in [0.25, 0.3) is 0 Å². The van der Waals surface area contributed by atoms with E-state index in [1.807, 2.05) is 7.05 Å². The molecule has 0 saturated heterocycles. The zero-order valence-corrected chi connectivity index (χ0v) is 14.7. The van der Waals surface area contributed by atoms with Crippen LogP contribution < -0.4 is 10.6 Å². The lowest BCUT2D eigenvalue weighted by Crippen LogP contribution is -2.39. The van der Waals surface area contributed by atoms with E-state index in [-0.39, 0.29) is 0 Å². The van der Waals surface area contributed by atoms with Crippen LogP contribution in [0.1, 0.15) is 38.2 Å². The Morgan fingerprint density at radius 3 is 2.74 bits per heavy atom. The summed E-state index contributed by atoms with van der Waals surface area (Å²) in [6.45, 7) is 7.87. The average Bonchev–Trinajstić information content (AvgIpc) is 3.33. The minimum Gasteiger partial charge on any atom is -0.381 e. The number of nitrogens with zero attached hydrogens (tertiary/aromatic N) is 1. The average molecular weight is 317 g/mol. The van der Waals surface area contributed by atoms with Gasteiger partial charge in [-0.2, -0.15) is 0 Å². The third kappa shape index (κ3) is 6.61. The first-order chi connectivity index (χ1) is 11.2. The largest absolute Gasteiger partial charge is 0.381 e. The molecule has 1 aromatic rings. The summed E-state index contributed by atoms with van der Waals surface area (Å²) in [5, 5.41) is 6.79. The number of hydrogen-bond donors (Lipinski definition) is 2. The molecule has 0 radical (unpaired) electrons. The summed E-state index contributed by atoms with van der Waals surface area (Å²) in [6.07, 6.45) is 2.28. The van der Waals surface area contributed by atoms with Crippen molar-refractivity contribution in [2.24, 2.45) is 16.8 Å². The highest BCUT2D eigenvalue weighted by atomic mass is 16.5. The molecular formula is C19H31N3O. The fourth-order valence-corrected chi connectivity index (χ4v) is 2.73. The van der Waals surface area contributed by atoms with Gasteiger partial charge in [0.05, 0.1) is 0 Å². The first-order valence-electron chi connectivity index (χ1n) is 8.78. The van der Waals surface area contributed by atoms with E-state index in [1.165, 1.54) is 12.0 Å². The van der Waals surface area contributed by atoms with E-state index in [0.717, 1.165) is 44.6 Å². The van der Waals surface area contributed by atoms with Crippen molar-refractivity contribution < 1.29 is 4.74 Å². The van der Waals surface area contributed by atoms with Crippen LogP contribution in [0.4, 0.5) is 0 Å². The van der Waals surface area contributed by atoms with Crippen molar-refractivity contribution in [1.29, 1.82) is 0 Å². The van der Waals surface area contributed by atoms with Crippen LogP contribution in [0.3, 0.4) is 0 Å². The molecule has 0 aliphatic heterocycles. The van der Waals surface area contributed by atoms with Crippen LogP contribution in [-0.4, -0.2) is 39.3 Å².